The summed E-state index contributed by atoms with van der Waals surface area (Å²) in [6, 6.07) is 7.37. The normalized spacial score (nSPS) is 18.8. The third-order valence-corrected chi connectivity index (χ3v) is 4.47. The predicted octanol–water partition coefficient (Wildman–Crippen LogP) is 3.13. The lowest BCUT2D eigenvalue weighted by atomic mass is 9.99. The zero-order valence-corrected chi connectivity index (χ0v) is 15.4. The molecular formula is C20H21NO6. The van der Waals surface area contributed by atoms with Crippen molar-refractivity contribution in [2.45, 2.75) is 19.4 Å². The molecule has 1 aromatic carbocycles. The standard InChI is InChI=1S/C20H21NO6/c1-4-9-21-17(14-6-5-10-27-14)16(19(23)20(21)24)18(22)12-7-8-13(25-2)15(11-12)26-3/h5-8,10-11,17,22H,4,9H2,1-3H3/b18-16-. The summed E-state index contributed by atoms with van der Waals surface area (Å²) in [6.07, 6.45) is 2.14. The van der Waals surface area contributed by atoms with Crippen molar-refractivity contribution in [3.63, 3.8) is 0 Å². The number of aliphatic hydroxyl groups excluding tert-OH is 1. The van der Waals surface area contributed by atoms with E-state index in [1.54, 1.807) is 30.3 Å². The minimum atomic E-state index is -0.770. The molecule has 2 heterocycles. The van der Waals surface area contributed by atoms with Gasteiger partial charge in [0.2, 0.25) is 0 Å². The van der Waals surface area contributed by atoms with E-state index in [2.05, 4.69) is 0 Å². The molecule has 7 nitrogen and oxygen atoms in total. The average molecular weight is 371 g/mol. The number of hydrogen-bond donors (Lipinski definition) is 1. The van der Waals surface area contributed by atoms with E-state index in [0.717, 1.165) is 0 Å². The molecule has 3 rings (SSSR count). The number of aliphatic hydroxyl groups is 1. The van der Waals surface area contributed by atoms with Crippen LogP contribution in [0.4, 0.5) is 0 Å². The van der Waals surface area contributed by atoms with E-state index in [0.29, 0.717) is 35.8 Å². The van der Waals surface area contributed by atoms with Crippen LogP contribution in [0, 0.1) is 0 Å². The van der Waals surface area contributed by atoms with E-state index in [-0.39, 0.29) is 11.3 Å². The molecule has 1 aliphatic heterocycles. The van der Waals surface area contributed by atoms with E-state index in [9.17, 15) is 14.7 Å². The fourth-order valence-corrected chi connectivity index (χ4v) is 3.23. The number of benzene rings is 1. The van der Waals surface area contributed by atoms with Crippen LogP contribution in [0.5, 0.6) is 11.5 Å². The number of furan rings is 1. The van der Waals surface area contributed by atoms with Gasteiger partial charge in [0.1, 0.15) is 17.6 Å². The summed E-state index contributed by atoms with van der Waals surface area (Å²) >= 11 is 0. The van der Waals surface area contributed by atoms with Crippen LogP contribution in [-0.2, 0) is 9.59 Å². The highest BCUT2D eigenvalue weighted by Crippen LogP contribution is 2.40. The molecule has 0 aliphatic carbocycles. The Morgan fingerprint density at radius 3 is 2.52 bits per heavy atom. The van der Waals surface area contributed by atoms with E-state index >= 15 is 0 Å². The summed E-state index contributed by atoms with van der Waals surface area (Å²) in [7, 11) is 2.98. The predicted molar refractivity (Wildman–Crippen MR) is 97.6 cm³/mol. The first-order chi connectivity index (χ1) is 13.0. The first-order valence-corrected chi connectivity index (χ1v) is 8.57. The van der Waals surface area contributed by atoms with Gasteiger partial charge in [-0.15, -0.1) is 0 Å². The molecule has 1 atom stereocenters. The molecule has 1 unspecified atom stereocenters. The number of carbonyl (C=O) groups is 2. The Bertz CT molecular complexity index is 884. The number of nitrogens with zero attached hydrogens (tertiary/aromatic N) is 1. The lowest BCUT2D eigenvalue weighted by Gasteiger charge is -2.22. The van der Waals surface area contributed by atoms with Crippen molar-refractivity contribution < 1.29 is 28.6 Å². The Morgan fingerprint density at radius 2 is 1.93 bits per heavy atom. The highest BCUT2D eigenvalue weighted by molar-refractivity contribution is 6.46. The quantitative estimate of drug-likeness (QED) is 0.477. The van der Waals surface area contributed by atoms with E-state index in [1.807, 2.05) is 6.92 Å². The van der Waals surface area contributed by atoms with Crippen LogP contribution in [-0.4, -0.2) is 42.5 Å². The molecule has 1 saturated heterocycles. The van der Waals surface area contributed by atoms with Gasteiger partial charge in [-0.2, -0.15) is 0 Å². The minimum absolute atomic E-state index is 0.00406. The van der Waals surface area contributed by atoms with Crippen LogP contribution in [0.25, 0.3) is 5.76 Å². The van der Waals surface area contributed by atoms with E-state index in [4.69, 9.17) is 13.9 Å². The van der Waals surface area contributed by atoms with Gasteiger partial charge >= 0.3 is 0 Å². The smallest absolute Gasteiger partial charge is 0.295 e. The molecular weight excluding hydrogens is 350 g/mol. The zero-order valence-electron chi connectivity index (χ0n) is 15.4. The Hall–Kier alpha value is -3.22. The number of Topliss-reactive ketones (excluding diaryl/α,β-unsaturated/α-hetero) is 1. The first kappa shape index (κ1) is 18.6. The maximum atomic E-state index is 12.7. The van der Waals surface area contributed by atoms with Crippen LogP contribution >= 0.6 is 0 Å². The van der Waals surface area contributed by atoms with Gasteiger partial charge in [0.25, 0.3) is 11.7 Å². The number of methoxy groups -OCH3 is 2. The molecule has 1 N–H and O–H groups in total. The number of amides is 1. The summed E-state index contributed by atoms with van der Waals surface area (Å²) in [6.45, 7) is 2.28. The monoisotopic (exact) mass is 371 g/mol. The summed E-state index contributed by atoms with van der Waals surface area (Å²) < 4.78 is 15.9. The summed E-state index contributed by atoms with van der Waals surface area (Å²) in [5, 5.41) is 10.9. The molecule has 0 bridgehead atoms. The third-order valence-electron chi connectivity index (χ3n) is 4.47. The molecule has 1 aliphatic rings. The first-order valence-electron chi connectivity index (χ1n) is 8.57. The molecule has 0 spiro atoms. The number of hydrogen-bond acceptors (Lipinski definition) is 6. The van der Waals surface area contributed by atoms with Gasteiger partial charge in [0.15, 0.2) is 11.5 Å². The minimum Gasteiger partial charge on any atom is -0.507 e. The molecule has 7 heteroatoms. The van der Waals surface area contributed by atoms with Crippen molar-refractivity contribution in [2.75, 3.05) is 20.8 Å². The van der Waals surface area contributed by atoms with Crippen molar-refractivity contribution >= 4 is 17.4 Å². The number of likely N-dealkylation sites (tertiary alicyclic amines) is 1. The number of ketones is 1. The highest BCUT2D eigenvalue weighted by atomic mass is 16.5. The third kappa shape index (κ3) is 3.16. The van der Waals surface area contributed by atoms with Gasteiger partial charge in [-0.3, -0.25) is 9.59 Å². The number of ether oxygens (including phenoxy) is 2. The molecule has 1 aromatic heterocycles. The van der Waals surface area contributed by atoms with Crippen LogP contribution in [0.1, 0.15) is 30.7 Å². The fraction of sp³-hybridized carbons (Fsp3) is 0.300. The molecule has 0 radical (unpaired) electrons. The second-order valence-electron chi connectivity index (χ2n) is 6.08. The van der Waals surface area contributed by atoms with Crippen LogP contribution in [0.3, 0.4) is 0 Å². The van der Waals surface area contributed by atoms with Gasteiger partial charge in [-0.25, -0.2) is 0 Å². The van der Waals surface area contributed by atoms with Crippen LogP contribution in [0.15, 0.2) is 46.6 Å². The van der Waals surface area contributed by atoms with Crippen LogP contribution in [0.2, 0.25) is 0 Å². The Balaban J connectivity index is 2.16. The van der Waals surface area contributed by atoms with Gasteiger partial charge in [0.05, 0.1) is 26.1 Å². The Morgan fingerprint density at radius 1 is 1.19 bits per heavy atom. The highest BCUT2D eigenvalue weighted by Gasteiger charge is 2.47. The summed E-state index contributed by atoms with van der Waals surface area (Å²) in [4.78, 5) is 26.6. The largest absolute Gasteiger partial charge is 0.507 e. The molecule has 142 valence electrons. The van der Waals surface area contributed by atoms with Crippen LogP contribution < -0.4 is 9.47 Å². The molecule has 1 fully saturated rings. The van der Waals surface area contributed by atoms with E-state index < -0.39 is 17.7 Å². The van der Waals surface area contributed by atoms with Crippen molar-refractivity contribution in [3.8, 4) is 11.5 Å². The van der Waals surface area contributed by atoms with Crippen molar-refractivity contribution in [1.82, 2.24) is 4.90 Å². The lowest BCUT2D eigenvalue weighted by Crippen LogP contribution is -2.30. The van der Waals surface area contributed by atoms with Gasteiger partial charge < -0.3 is 23.9 Å². The van der Waals surface area contributed by atoms with Crippen molar-refractivity contribution in [3.05, 3.63) is 53.5 Å². The fourth-order valence-electron chi connectivity index (χ4n) is 3.23. The second kappa shape index (κ2) is 7.57. The molecule has 0 saturated carbocycles. The topological polar surface area (TPSA) is 89.2 Å². The zero-order chi connectivity index (χ0) is 19.6. The van der Waals surface area contributed by atoms with Crippen molar-refractivity contribution in [2.24, 2.45) is 0 Å². The number of rotatable bonds is 6. The number of carbonyl (C=O) groups excluding carboxylic acids is 2. The molecule has 1 amide bonds. The van der Waals surface area contributed by atoms with E-state index in [1.165, 1.54) is 25.4 Å². The van der Waals surface area contributed by atoms with Crippen molar-refractivity contribution in [1.29, 1.82) is 0 Å². The second-order valence-corrected chi connectivity index (χ2v) is 6.08. The van der Waals surface area contributed by atoms with Gasteiger partial charge in [-0.1, -0.05) is 6.92 Å². The lowest BCUT2D eigenvalue weighted by molar-refractivity contribution is -0.140. The average Bonchev–Trinajstić information content (AvgIpc) is 3.29. The van der Waals surface area contributed by atoms with Gasteiger partial charge in [0, 0.05) is 12.1 Å². The maximum Gasteiger partial charge on any atom is 0.295 e. The SMILES string of the molecule is CCCN1C(=O)C(=O)/C(=C(\O)c2ccc(OC)c(OC)c2)C1c1ccco1. The Labute approximate surface area is 156 Å². The summed E-state index contributed by atoms with van der Waals surface area (Å²) in [5.41, 5.74) is 0.342. The van der Waals surface area contributed by atoms with Gasteiger partial charge in [-0.05, 0) is 36.8 Å². The Kier molecular flexibility index (Phi) is 5.21. The molecule has 2 aromatic rings. The maximum absolute atomic E-state index is 12.7. The summed E-state index contributed by atoms with van der Waals surface area (Å²) in [5.74, 6) is -0.363. The molecule has 27 heavy (non-hydrogen) atoms.